The van der Waals surface area contributed by atoms with E-state index in [1.165, 1.54) is 6.92 Å². The second kappa shape index (κ2) is 5.29. The van der Waals surface area contributed by atoms with Crippen molar-refractivity contribution in [3.05, 3.63) is 0 Å². The van der Waals surface area contributed by atoms with Crippen molar-refractivity contribution in [1.29, 1.82) is 0 Å². The lowest BCUT2D eigenvalue weighted by Crippen LogP contribution is -2.13. The molecule has 64 valence electrons. The maximum absolute atomic E-state index is 10.7. The van der Waals surface area contributed by atoms with Crippen LogP contribution in [-0.2, 0) is 14.3 Å². The summed E-state index contributed by atoms with van der Waals surface area (Å²) in [5.41, 5.74) is 0. The smallest absolute Gasteiger partial charge is 0.313 e. The SMILES string of the molecule is CC(=O)CC(=O)OCC(C)Br. The first-order valence-corrected chi connectivity index (χ1v) is 4.23. The fourth-order valence-electron chi connectivity index (χ4n) is 0.462. The van der Waals surface area contributed by atoms with Gasteiger partial charge in [0.25, 0.3) is 0 Å². The molecule has 0 bridgehead atoms. The number of ketones is 1. The van der Waals surface area contributed by atoms with Crippen LogP contribution in [0.3, 0.4) is 0 Å². The van der Waals surface area contributed by atoms with Crippen molar-refractivity contribution >= 4 is 27.7 Å². The Bertz CT molecular complexity index is 154. The molecule has 4 heteroatoms. The normalized spacial score (nSPS) is 12.3. The number of hydrogen-bond donors (Lipinski definition) is 0. The predicted octanol–water partition coefficient (Wildman–Crippen LogP) is 1.29. The molecule has 0 fully saturated rings. The second-order valence-electron chi connectivity index (χ2n) is 2.34. The van der Waals surface area contributed by atoms with Crippen LogP contribution in [0.15, 0.2) is 0 Å². The Morgan fingerprint density at radius 3 is 2.45 bits per heavy atom. The first-order chi connectivity index (χ1) is 5.02. The van der Waals surface area contributed by atoms with E-state index in [4.69, 9.17) is 4.74 Å². The summed E-state index contributed by atoms with van der Waals surface area (Å²) in [6.45, 7) is 3.53. The van der Waals surface area contributed by atoms with Crippen LogP contribution in [0, 0.1) is 0 Å². The highest BCUT2D eigenvalue weighted by molar-refractivity contribution is 9.09. The molecular formula is C7H11BrO3. The minimum Gasteiger partial charge on any atom is -0.464 e. The van der Waals surface area contributed by atoms with Crippen LogP contribution in [0.25, 0.3) is 0 Å². The van der Waals surface area contributed by atoms with Crippen molar-refractivity contribution in [2.24, 2.45) is 0 Å². The molecular weight excluding hydrogens is 212 g/mol. The van der Waals surface area contributed by atoms with Crippen LogP contribution in [0.1, 0.15) is 20.3 Å². The zero-order chi connectivity index (χ0) is 8.85. The van der Waals surface area contributed by atoms with Gasteiger partial charge in [0.2, 0.25) is 0 Å². The van der Waals surface area contributed by atoms with Gasteiger partial charge in [-0.2, -0.15) is 0 Å². The molecule has 0 aromatic carbocycles. The summed E-state index contributed by atoms with van der Waals surface area (Å²) in [5.74, 6) is -0.624. The van der Waals surface area contributed by atoms with E-state index in [1.807, 2.05) is 6.92 Å². The third-order valence-corrected chi connectivity index (χ3v) is 1.13. The molecule has 1 atom stereocenters. The maximum Gasteiger partial charge on any atom is 0.313 e. The topological polar surface area (TPSA) is 43.4 Å². The average Bonchev–Trinajstić information content (AvgIpc) is 1.82. The number of hydrogen-bond acceptors (Lipinski definition) is 3. The third kappa shape index (κ3) is 7.52. The van der Waals surface area contributed by atoms with Crippen LogP contribution in [0.5, 0.6) is 0 Å². The van der Waals surface area contributed by atoms with E-state index in [0.29, 0.717) is 6.61 Å². The fraction of sp³-hybridized carbons (Fsp3) is 0.714. The highest BCUT2D eigenvalue weighted by Crippen LogP contribution is 1.98. The largest absolute Gasteiger partial charge is 0.464 e. The van der Waals surface area contributed by atoms with E-state index in [9.17, 15) is 9.59 Å². The van der Waals surface area contributed by atoms with Crippen LogP contribution in [0.2, 0.25) is 0 Å². The molecule has 0 saturated heterocycles. The average molecular weight is 223 g/mol. The summed E-state index contributed by atoms with van der Waals surface area (Å²) >= 11 is 3.21. The van der Waals surface area contributed by atoms with Gasteiger partial charge in [-0.15, -0.1) is 0 Å². The fourth-order valence-corrected chi connectivity index (χ4v) is 0.594. The molecule has 0 rings (SSSR count). The molecule has 0 saturated carbocycles. The Hall–Kier alpha value is -0.380. The summed E-state index contributed by atoms with van der Waals surface area (Å²) in [6, 6.07) is 0. The molecule has 0 aliphatic carbocycles. The van der Waals surface area contributed by atoms with Crippen molar-refractivity contribution in [2.45, 2.75) is 25.1 Å². The Labute approximate surface area is 74.2 Å². The van der Waals surface area contributed by atoms with Gasteiger partial charge in [-0.05, 0) is 13.8 Å². The second-order valence-corrected chi connectivity index (χ2v) is 3.91. The molecule has 11 heavy (non-hydrogen) atoms. The summed E-state index contributed by atoms with van der Waals surface area (Å²) in [6.07, 6.45) is -0.125. The van der Waals surface area contributed by atoms with E-state index in [-0.39, 0.29) is 17.0 Å². The Morgan fingerprint density at radius 2 is 2.09 bits per heavy atom. The predicted molar refractivity (Wildman–Crippen MR) is 44.6 cm³/mol. The zero-order valence-corrected chi connectivity index (χ0v) is 8.18. The number of halogens is 1. The number of Topliss-reactive ketones (excluding diaryl/α,β-unsaturated/α-hetero) is 1. The monoisotopic (exact) mass is 222 g/mol. The van der Waals surface area contributed by atoms with Gasteiger partial charge >= 0.3 is 5.97 Å². The van der Waals surface area contributed by atoms with Gasteiger partial charge in [0.1, 0.15) is 18.8 Å². The van der Waals surface area contributed by atoms with E-state index >= 15 is 0 Å². The Morgan fingerprint density at radius 1 is 1.55 bits per heavy atom. The van der Waals surface area contributed by atoms with Crippen LogP contribution >= 0.6 is 15.9 Å². The quantitative estimate of drug-likeness (QED) is 0.409. The highest BCUT2D eigenvalue weighted by Gasteiger charge is 2.06. The van der Waals surface area contributed by atoms with Gasteiger partial charge in [0, 0.05) is 4.83 Å². The van der Waals surface area contributed by atoms with Gasteiger partial charge < -0.3 is 4.74 Å². The minimum atomic E-state index is -0.455. The van der Waals surface area contributed by atoms with Crippen LogP contribution in [0.4, 0.5) is 0 Å². The van der Waals surface area contributed by atoms with E-state index < -0.39 is 5.97 Å². The number of rotatable bonds is 4. The van der Waals surface area contributed by atoms with Crippen molar-refractivity contribution < 1.29 is 14.3 Å². The van der Waals surface area contributed by atoms with Crippen molar-refractivity contribution in [2.75, 3.05) is 6.61 Å². The molecule has 3 nitrogen and oxygen atoms in total. The third-order valence-electron chi connectivity index (χ3n) is 0.867. The number of carbonyl (C=O) groups excluding carboxylic acids is 2. The summed E-state index contributed by atoms with van der Waals surface area (Å²) < 4.78 is 4.71. The Balaban J connectivity index is 3.46. The summed E-state index contributed by atoms with van der Waals surface area (Å²) in [7, 11) is 0. The molecule has 0 radical (unpaired) electrons. The van der Waals surface area contributed by atoms with Crippen LogP contribution < -0.4 is 0 Å². The van der Waals surface area contributed by atoms with Gasteiger partial charge in [-0.3, -0.25) is 9.59 Å². The maximum atomic E-state index is 10.7. The molecule has 0 aliphatic rings. The molecule has 0 aromatic heterocycles. The van der Waals surface area contributed by atoms with Crippen molar-refractivity contribution in [1.82, 2.24) is 0 Å². The van der Waals surface area contributed by atoms with Gasteiger partial charge in [0.15, 0.2) is 0 Å². The number of esters is 1. The van der Waals surface area contributed by atoms with Gasteiger partial charge in [-0.1, -0.05) is 15.9 Å². The molecule has 0 aromatic rings. The van der Waals surface area contributed by atoms with Crippen molar-refractivity contribution in [3.8, 4) is 0 Å². The lowest BCUT2D eigenvalue weighted by molar-refractivity contribution is -0.145. The zero-order valence-electron chi connectivity index (χ0n) is 6.59. The lowest BCUT2D eigenvalue weighted by atomic mass is 10.3. The first-order valence-electron chi connectivity index (χ1n) is 3.31. The molecule has 0 amide bonds. The first kappa shape index (κ1) is 10.6. The number of alkyl halides is 1. The van der Waals surface area contributed by atoms with Crippen molar-refractivity contribution in [3.63, 3.8) is 0 Å². The van der Waals surface area contributed by atoms with Crippen LogP contribution in [-0.4, -0.2) is 23.2 Å². The van der Waals surface area contributed by atoms with E-state index in [2.05, 4.69) is 15.9 Å². The van der Waals surface area contributed by atoms with Gasteiger partial charge in [-0.25, -0.2) is 0 Å². The summed E-state index contributed by atoms with van der Waals surface area (Å²) in [5, 5.41) is 0. The molecule has 0 N–H and O–H groups in total. The number of carbonyl (C=O) groups is 2. The molecule has 0 aliphatic heterocycles. The summed E-state index contributed by atoms with van der Waals surface area (Å²) in [4.78, 5) is 21.2. The Kier molecular flexibility index (Phi) is 5.11. The lowest BCUT2D eigenvalue weighted by Gasteiger charge is -2.03. The van der Waals surface area contributed by atoms with E-state index in [0.717, 1.165) is 0 Å². The molecule has 0 spiro atoms. The standard InChI is InChI=1S/C7H11BrO3/c1-5(8)4-11-7(10)3-6(2)9/h5H,3-4H2,1-2H3. The number of ether oxygens (including phenoxy) is 1. The van der Waals surface area contributed by atoms with Gasteiger partial charge in [0.05, 0.1) is 0 Å². The highest BCUT2D eigenvalue weighted by atomic mass is 79.9. The minimum absolute atomic E-state index is 0.125. The van der Waals surface area contributed by atoms with E-state index in [1.54, 1.807) is 0 Å². The molecule has 0 heterocycles. The molecule has 1 unspecified atom stereocenters.